The van der Waals surface area contributed by atoms with Crippen molar-refractivity contribution in [3.63, 3.8) is 0 Å². The van der Waals surface area contributed by atoms with E-state index in [4.69, 9.17) is 4.74 Å². The van der Waals surface area contributed by atoms with E-state index >= 15 is 0 Å². The first kappa shape index (κ1) is 19.5. The van der Waals surface area contributed by atoms with E-state index in [1.165, 1.54) is 0 Å². The lowest BCUT2D eigenvalue weighted by Crippen LogP contribution is -2.42. The summed E-state index contributed by atoms with van der Waals surface area (Å²) < 4.78 is 5.32. The number of nitrogens with one attached hydrogen (secondary N) is 2. The highest BCUT2D eigenvalue weighted by Crippen LogP contribution is 2.12. The second-order valence-corrected chi connectivity index (χ2v) is 7.15. The Kier molecular flexibility index (Phi) is 6.78. The SMILES string of the molecule is CC(C)(C)OC(=O)N[C@@H](CC(=O)Nc1ccccc1)Cc1ccccc1. The van der Waals surface area contributed by atoms with Gasteiger partial charge in [-0.05, 0) is 44.9 Å². The molecule has 0 heterocycles. The minimum Gasteiger partial charge on any atom is -0.444 e. The number of alkyl carbamates (subject to hydrolysis) is 1. The summed E-state index contributed by atoms with van der Waals surface area (Å²) in [5.41, 5.74) is 1.18. The molecule has 0 aliphatic carbocycles. The lowest BCUT2D eigenvalue weighted by Gasteiger charge is -2.23. The third-order valence-corrected chi connectivity index (χ3v) is 3.54. The van der Waals surface area contributed by atoms with Crippen LogP contribution in [0.3, 0.4) is 0 Å². The van der Waals surface area contributed by atoms with Crippen LogP contribution >= 0.6 is 0 Å². The monoisotopic (exact) mass is 354 g/mol. The number of para-hydroxylation sites is 1. The molecule has 2 aromatic carbocycles. The van der Waals surface area contributed by atoms with Gasteiger partial charge >= 0.3 is 6.09 Å². The van der Waals surface area contributed by atoms with E-state index in [0.29, 0.717) is 6.42 Å². The van der Waals surface area contributed by atoms with Gasteiger partial charge in [0.2, 0.25) is 5.91 Å². The number of carbonyl (C=O) groups is 2. The second-order valence-electron chi connectivity index (χ2n) is 7.15. The standard InChI is InChI=1S/C21H26N2O3/c1-21(2,3)26-20(25)23-18(14-16-10-6-4-7-11-16)15-19(24)22-17-12-8-5-9-13-17/h4-13,18H,14-15H2,1-3H3,(H,22,24)(H,23,25)/t18-/m1/s1. The molecule has 0 aromatic heterocycles. The van der Waals surface area contributed by atoms with Crippen LogP contribution in [0, 0.1) is 0 Å². The highest BCUT2D eigenvalue weighted by atomic mass is 16.6. The predicted octanol–water partition coefficient (Wildman–Crippen LogP) is 4.15. The summed E-state index contributed by atoms with van der Waals surface area (Å²) in [5, 5.41) is 5.67. The number of ether oxygens (including phenoxy) is 1. The van der Waals surface area contributed by atoms with Crippen LogP contribution < -0.4 is 10.6 Å². The van der Waals surface area contributed by atoms with E-state index in [9.17, 15) is 9.59 Å². The topological polar surface area (TPSA) is 67.4 Å². The summed E-state index contributed by atoms with van der Waals surface area (Å²) in [5.74, 6) is -0.159. The van der Waals surface area contributed by atoms with Crippen LogP contribution in [-0.2, 0) is 16.0 Å². The van der Waals surface area contributed by atoms with E-state index in [1.807, 2.05) is 60.7 Å². The Labute approximate surface area is 154 Å². The molecule has 0 unspecified atom stereocenters. The smallest absolute Gasteiger partial charge is 0.407 e. The molecule has 0 fully saturated rings. The second kappa shape index (κ2) is 9.04. The molecule has 0 spiro atoms. The maximum atomic E-state index is 12.4. The molecule has 5 heteroatoms. The van der Waals surface area contributed by atoms with Crippen LogP contribution in [0.15, 0.2) is 60.7 Å². The van der Waals surface area contributed by atoms with Crippen molar-refractivity contribution in [1.29, 1.82) is 0 Å². The van der Waals surface area contributed by atoms with Crippen molar-refractivity contribution in [3.8, 4) is 0 Å². The fourth-order valence-corrected chi connectivity index (χ4v) is 2.50. The van der Waals surface area contributed by atoms with Gasteiger partial charge in [0, 0.05) is 18.2 Å². The van der Waals surface area contributed by atoms with Crippen molar-refractivity contribution in [1.82, 2.24) is 5.32 Å². The zero-order chi connectivity index (χ0) is 19.0. The van der Waals surface area contributed by atoms with Gasteiger partial charge in [0.05, 0.1) is 0 Å². The molecule has 2 N–H and O–H groups in total. The number of carbonyl (C=O) groups excluding carboxylic acids is 2. The fraction of sp³-hybridized carbons (Fsp3) is 0.333. The average Bonchev–Trinajstić information content (AvgIpc) is 2.54. The van der Waals surface area contributed by atoms with Gasteiger partial charge in [-0.3, -0.25) is 4.79 Å². The molecule has 0 aliphatic heterocycles. The van der Waals surface area contributed by atoms with E-state index in [2.05, 4.69) is 10.6 Å². The van der Waals surface area contributed by atoms with Gasteiger partial charge in [-0.25, -0.2) is 4.79 Å². The third kappa shape index (κ3) is 7.38. The van der Waals surface area contributed by atoms with Crippen LogP contribution in [0.2, 0.25) is 0 Å². The summed E-state index contributed by atoms with van der Waals surface area (Å²) >= 11 is 0. The van der Waals surface area contributed by atoms with Gasteiger partial charge in [0.1, 0.15) is 5.60 Å². The maximum absolute atomic E-state index is 12.4. The molecule has 0 bridgehead atoms. The summed E-state index contributed by atoms with van der Waals surface area (Å²) in [6.45, 7) is 5.42. The summed E-state index contributed by atoms with van der Waals surface area (Å²) in [6, 6.07) is 18.6. The van der Waals surface area contributed by atoms with Crippen LogP contribution in [0.4, 0.5) is 10.5 Å². The summed E-state index contributed by atoms with van der Waals surface area (Å²) in [7, 11) is 0. The van der Waals surface area contributed by atoms with E-state index in [1.54, 1.807) is 20.8 Å². The zero-order valence-electron chi connectivity index (χ0n) is 15.5. The lowest BCUT2D eigenvalue weighted by atomic mass is 10.0. The largest absolute Gasteiger partial charge is 0.444 e. The first-order valence-corrected chi connectivity index (χ1v) is 8.70. The minimum absolute atomic E-state index is 0.156. The van der Waals surface area contributed by atoms with Crippen molar-refractivity contribution in [2.24, 2.45) is 0 Å². The van der Waals surface area contributed by atoms with Gasteiger partial charge in [0.15, 0.2) is 0 Å². The zero-order valence-corrected chi connectivity index (χ0v) is 15.5. The number of amides is 2. The quantitative estimate of drug-likeness (QED) is 0.819. The normalized spacial score (nSPS) is 12.1. The Morgan fingerprint density at radius 2 is 1.54 bits per heavy atom. The molecule has 2 rings (SSSR count). The highest BCUT2D eigenvalue weighted by molar-refractivity contribution is 5.91. The molecular formula is C21H26N2O3. The van der Waals surface area contributed by atoms with E-state index in [-0.39, 0.29) is 18.4 Å². The molecule has 26 heavy (non-hydrogen) atoms. The van der Waals surface area contributed by atoms with Gasteiger partial charge in [0.25, 0.3) is 0 Å². The lowest BCUT2D eigenvalue weighted by molar-refractivity contribution is -0.116. The Morgan fingerprint density at radius 3 is 2.12 bits per heavy atom. The molecule has 0 saturated carbocycles. The minimum atomic E-state index is -0.590. The first-order chi connectivity index (χ1) is 12.3. The van der Waals surface area contributed by atoms with Crippen LogP contribution in [0.1, 0.15) is 32.8 Å². The van der Waals surface area contributed by atoms with Crippen molar-refractivity contribution in [2.75, 3.05) is 5.32 Å². The van der Waals surface area contributed by atoms with Crippen molar-refractivity contribution < 1.29 is 14.3 Å². The Balaban J connectivity index is 2.01. The number of hydrogen-bond donors (Lipinski definition) is 2. The molecule has 138 valence electrons. The molecule has 0 radical (unpaired) electrons. The summed E-state index contributed by atoms with van der Waals surface area (Å²) in [6.07, 6.45) is 0.177. The highest BCUT2D eigenvalue weighted by Gasteiger charge is 2.21. The van der Waals surface area contributed by atoms with Gasteiger partial charge in [-0.1, -0.05) is 48.5 Å². The molecule has 1 atom stereocenters. The molecule has 0 aliphatic rings. The van der Waals surface area contributed by atoms with Crippen molar-refractivity contribution in [3.05, 3.63) is 66.2 Å². The van der Waals surface area contributed by atoms with Crippen LogP contribution in [0.5, 0.6) is 0 Å². The average molecular weight is 354 g/mol. The molecular weight excluding hydrogens is 328 g/mol. The number of anilines is 1. The fourth-order valence-electron chi connectivity index (χ4n) is 2.50. The Morgan fingerprint density at radius 1 is 0.962 bits per heavy atom. The first-order valence-electron chi connectivity index (χ1n) is 8.70. The predicted molar refractivity (Wildman–Crippen MR) is 103 cm³/mol. The summed E-state index contributed by atoms with van der Waals surface area (Å²) in [4.78, 5) is 24.5. The molecule has 5 nitrogen and oxygen atoms in total. The molecule has 0 saturated heterocycles. The van der Waals surface area contributed by atoms with E-state index < -0.39 is 11.7 Å². The number of benzene rings is 2. The van der Waals surface area contributed by atoms with E-state index in [0.717, 1.165) is 11.3 Å². The Hall–Kier alpha value is -2.82. The number of rotatable bonds is 6. The Bertz CT molecular complexity index is 709. The number of hydrogen-bond acceptors (Lipinski definition) is 3. The van der Waals surface area contributed by atoms with Crippen molar-refractivity contribution >= 4 is 17.7 Å². The van der Waals surface area contributed by atoms with Crippen molar-refractivity contribution in [2.45, 2.75) is 45.3 Å². The van der Waals surface area contributed by atoms with Gasteiger partial charge in [-0.15, -0.1) is 0 Å². The van der Waals surface area contributed by atoms with Gasteiger partial charge < -0.3 is 15.4 Å². The van der Waals surface area contributed by atoms with Gasteiger partial charge in [-0.2, -0.15) is 0 Å². The van der Waals surface area contributed by atoms with Crippen LogP contribution in [0.25, 0.3) is 0 Å². The maximum Gasteiger partial charge on any atom is 0.407 e. The third-order valence-electron chi connectivity index (χ3n) is 3.54. The molecule has 2 amide bonds. The molecule has 2 aromatic rings. The van der Waals surface area contributed by atoms with Crippen LogP contribution in [-0.4, -0.2) is 23.6 Å².